The number of ether oxygens (including phenoxy) is 1. The molecule has 3 heterocycles. The van der Waals surface area contributed by atoms with Crippen molar-refractivity contribution in [3.63, 3.8) is 0 Å². The average molecular weight is 304 g/mol. The molecular weight excluding hydrogens is 283 g/mol. The SMILES string of the molecule is CC1(C)Oc2ccc(B3OC(C)(C)C(C)(C)O3)nc2NC1=O. The highest BCUT2D eigenvalue weighted by molar-refractivity contribution is 6.61. The van der Waals surface area contributed by atoms with E-state index in [0.29, 0.717) is 17.2 Å². The van der Waals surface area contributed by atoms with Gasteiger partial charge in [0.25, 0.3) is 5.91 Å². The molecule has 0 unspecified atom stereocenters. The maximum absolute atomic E-state index is 12.0. The molecule has 1 amide bonds. The summed E-state index contributed by atoms with van der Waals surface area (Å²) in [5.41, 5.74) is -1.16. The fraction of sp³-hybridized carbons (Fsp3) is 0.600. The quantitative estimate of drug-likeness (QED) is 0.796. The summed E-state index contributed by atoms with van der Waals surface area (Å²) in [4.78, 5) is 16.4. The van der Waals surface area contributed by atoms with E-state index in [9.17, 15) is 4.79 Å². The molecule has 1 aromatic heterocycles. The first-order valence-corrected chi connectivity index (χ1v) is 7.39. The number of carbonyl (C=O) groups excluding carboxylic acids is 1. The van der Waals surface area contributed by atoms with Gasteiger partial charge in [-0.2, -0.15) is 0 Å². The van der Waals surface area contributed by atoms with Gasteiger partial charge in [0.05, 0.1) is 16.8 Å². The van der Waals surface area contributed by atoms with Gasteiger partial charge in [0, 0.05) is 0 Å². The summed E-state index contributed by atoms with van der Waals surface area (Å²) in [5, 5.41) is 2.77. The van der Waals surface area contributed by atoms with Crippen molar-refractivity contribution in [1.29, 1.82) is 0 Å². The summed E-state index contributed by atoms with van der Waals surface area (Å²) in [6, 6.07) is 3.58. The van der Waals surface area contributed by atoms with Crippen molar-refractivity contribution >= 4 is 24.4 Å². The van der Waals surface area contributed by atoms with E-state index in [4.69, 9.17) is 14.0 Å². The van der Waals surface area contributed by atoms with Crippen molar-refractivity contribution in [2.45, 2.75) is 58.3 Å². The van der Waals surface area contributed by atoms with E-state index in [1.165, 1.54) is 0 Å². The molecule has 0 atom stereocenters. The molecule has 1 N–H and O–H groups in total. The van der Waals surface area contributed by atoms with E-state index in [1.54, 1.807) is 26.0 Å². The second-order valence-corrected chi connectivity index (χ2v) is 7.24. The van der Waals surface area contributed by atoms with Gasteiger partial charge in [-0.15, -0.1) is 0 Å². The molecule has 1 aromatic rings. The fourth-order valence-electron chi connectivity index (χ4n) is 2.31. The monoisotopic (exact) mass is 304 g/mol. The van der Waals surface area contributed by atoms with Gasteiger partial charge in [0.15, 0.2) is 17.2 Å². The minimum absolute atomic E-state index is 0.224. The van der Waals surface area contributed by atoms with Crippen LogP contribution in [-0.4, -0.2) is 34.8 Å². The van der Waals surface area contributed by atoms with Crippen LogP contribution in [0, 0.1) is 0 Å². The molecule has 0 radical (unpaired) electrons. The third-order valence-electron chi connectivity index (χ3n) is 4.52. The Balaban J connectivity index is 1.90. The van der Waals surface area contributed by atoms with Gasteiger partial charge in [0.1, 0.15) is 0 Å². The Morgan fingerprint density at radius 1 is 1.05 bits per heavy atom. The van der Waals surface area contributed by atoms with Crippen molar-refractivity contribution in [2.24, 2.45) is 0 Å². The van der Waals surface area contributed by atoms with Crippen LogP contribution in [0.2, 0.25) is 0 Å². The number of aromatic nitrogens is 1. The van der Waals surface area contributed by atoms with Gasteiger partial charge >= 0.3 is 7.12 Å². The second-order valence-electron chi connectivity index (χ2n) is 7.24. The number of nitrogens with zero attached hydrogens (tertiary/aromatic N) is 1. The lowest BCUT2D eigenvalue weighted by molar-refractivity contribution is -0.129. The molecular formula is C15H21BN2O4. The van der Waals surface area contributed by atoms with Crippen LogP contribution in [-0.2, 0) is 14.1 Å². The lowest BCUT2D eigenvalue weighted by Crippen LogP contribution is -2.47. The summed E-state index contributed by atoms with van der Waals surface area (Å²) < 4.78 is 17.6. The van der Waals surface area contributed by atoms with Gasteiger partial charge in [0.2, 0.25) is 0 Å². The van der Waals surface area contributed by atoms with Crippen molar-refractivity contribution < 1.29 is 18.8 Å². The minimum Gasteiger partial charge on any atom is -0.474 e. The normalized spacial score (nSPS) is 24.5. The highest BCUT2D eigenvalue weighted by Gasteiger charge is 2.52. The van der Waals surface area contributed by atoms with Crippen LogP contribution >= 0.6 is 0 Å². The highest BCUT2D eigenvalue weighted by atomic mass is 16.7. The van der Waals surface area contributed by atoms with Crippen LogP contribution in [0.3, 0.4) is 0 Å². The van der Waals surface area contributed by atoms with E-state index in [2.05, 4.69) is 10.3 Å². The number of hydrogen-bond donors (Lipinski definition) is 1. The van der Waals surface area contributed by atoms with E-state index in [1.807, 2.05) is 27.7 Å². The van der Waals surface area contributed by atoms with E-state index < -0.39 is 23.9 Å². The topological polar surface area (TPSA) is 69.7 Å². The summed E-state index contributed by atoms with van der Waals surface area (Å²) in [7, 11) is -0.567. The van der Waals surface area contributed by atoms with Gasteiger partial charge in [-0.1, -0.05) is 0 Å². The van der Waals surface area contributed by atoms with E-state index >= 15 is 0 Å². The molecule has 0 aliphatic carbocycles. The maximum Gasteiger partial charge on any atom is 0.514 e. The molecule has 0 spiro atoms. The first kappa shape index (κ1) is 15.3. The standard InChI is InChI=1S/C15H21BN2O4/c1-13(2)12(19)18-11-9(20-13)7-8-10(17-11)16-21-14(3,4)15(5,6)22-16/h7-8H,1-6H3,(H,17,18,19). The van der Waals surface area contributed by atoms with Crippen LogP contribution in [0.4, 0.5) is 5.82 Å². The molecule has 1 fully saturated rings. The van der Waals surface area contributed by atoms with Crippen LogP contribution in [0.25, 0.3) is 0 Å². The molecule has 2 aliphatic heterocycles. The van der Waals surface area contributed by atoms with E-state index in [-0.39, 0.29) is 5.91 Å². The van der Waals surface area contributed by atoms with Gasteiger partial charge < -0.3 is 19.4 Å². The van der Waals surface area contributed by atoms with Crippen molar-refractivity contribution in [1.82, 2.24) is 4.98 Å². The zero-order valence-electron chi connectivity index (χ0n) is 13.8. The van der Waals surface area contributed by atoms with Gasteiger partial charge in [-0.25, -0.2) is 4.98 Å². The maximum atomic E-state index is 12.0. The number of nitrogens with one attached hydrogen (secondary N) is 1. The van der Waals surface area contributed by atoms with Crippen molar-refractivity contribution in [2.75, 3.05) is 5.32 Å². The van der Waals surface area contributed by atoms with Gasteiger partial charge in [-0.05, 0) is 53.7 Å². The molecule has 22 heavy (non-hydrogen) atoms. The zero-order valence-corrected chi connectivity index (χ0v) is 13.8. The Morgan fingerprint density at radius 3 is 2.23 bits per heavy atom. The smallest absolute Gasteiger partial charge is 0.474 e. The Labute approximate surface area is 130 Å². The highest BCUT2D eigenvalue weighted by Crippen LogP contribution is 2.37. The summed E-state index contributed by atoms with van der Waals surface area (Å²) in [6.45, 7) is 11.4. The predicted octanol–water partition coefficient (Wildman–Crippen LogP) is 1.49. The molecule has 1 saturated heterocycles. The molecule has 118 valence electrons. The Hall–Kier alpha value is -1.60. The Morgan fingerprint density at radius 2 is 1.64 bits per heavy atom. The van der Waals surface area contributed by atoms with Crippen LogP contribution in [0.1, 0.15) is 41.5 Å². The fourth-order valence-corrected chi connectivity index (χ4v) is 2.31. The molecule has 0 aromatic carbocycles. The number of amides is 1. The summed E-state index contributed by atoms with van der Waals surface area (Å²) in [5.74, 6) is 0.722. The van der Waals surface area contributed by atoms with E-state index in [0.717, 1.165) is 0 Å². The average Bonchev–Trinajstić information content (AvgIpc) is 2.59. The van der Waals surface area contributed by atoms with Crippen molar-refractivity contribution in [3.8, 4) is 5.75 Å². The number of fused-ring (bicyclic) bond motifs is 1. The van der Waals surface area contributed by atoms with Crippen molar-refractivity contribution in [3.05, 3.63) is 12.1 Å². The predicted molar refractivity (Wildman–Crippen MR) is 83.3 cm³/mol. The molecule has 0 bridgehead atoms. The number of pyridine rings is 1. The molecule has 6 nitrogen and oxygen atoms in total. The third kappa shape index (κ3) is 2.28. The lowest BCUT2D eigenvalue weighted by atomic mass is 9.84. The second kappa shape index (κ2) is 4.46. The summed E-state index contributed by atoms with van der Waals surface area (Å²) in [6.07, 6.45) is 0. The molecule has 7 heteroatoms. The lowest BCUT2D eigenvalue weighted by Gasteiger charge is -2.32. The first-order valence-electron chi connectivity index (χ1n) is 7.39. The summed E-state index contributed by atoms with van der Waals surface area (Å²) >= 11 is 0. The number of hydrogen-bond acceptors (Lipinski definition) is 5. The van der Waals surface area contributed by atoms with Gasteiger partial charge in [-0.3, -0.25) is 4.79 Å². The van der Waals surface area contributed by atoms with Crippen LogP contribution < -0.4 is 15.6 Å². The Bertz CT molecular complexity index is 626. The molecule has 0 saturated carbocycles. The molecule has 2 aliphatic rings. The number of carbonyl (C=O) groups is 1. The third-order valence-corrected chi connectivity index (χ3v) is 4.52. The number of rotatable bonds is 1. The number of anilines is 1. The zero-order chi connectivity index (χ0) is 16.3. The minimum atomic E-state index is -0.902. The molecule has 3 rings (SSSR count). The van der Waals surface area contributed by atoms with Crippen LogP contribution in [0.5, 0.6) is 5.75 Å². The Kier molecular flexibility index (Phi) is 3.10. The largest absolute Gasteiger partial charge is 0.514 e. The van der Waals surface area contributed by atoms with Crippen LogP contribution in [0.15, 0.2) is 12.1 Å². The first-order chi connectivity index (χ1) is 10.0.